The Hall–Kier alpha value is 0.220. The predicted octanol–water partition coefficient (Wildman–Crippen LogP) is 4.26. The molecule has 0 aromatic rings. The Bertz CT molecular complexity index is 94.9. The van der Waals surface area contributed by atoms with Crippen LogP contribution < -0.4 is 0 Å². The van der Waals surface area contributed by atoms with Gasteiger partial charge >= 0.3 is 0 Å². The van der Waals surface area contributed by atoms with Crippen molar-refractivity contribution in [1.29, 1.82) is 0 Å². The molecule has 0 aliphatic rings. The lowest BCUT2D eigenvalue weighted by atomic mass is 10.2. The zero-order valence-corrected chi connectivity index (χ0v) is 8.58. The van der Waals surface area contributed by atoms with Crippen molar-refractivity contribution in [2.75, 3.05) is 0 Å². The Morgan fingerprint density at radius 1 is 1.30 bits per heavy atom. The molecule has 0 rings (SSSR count). The molecule has 0 heterocycles. The molecule has 0 radical (unpaired) electrons. The number of rotatable bonds is 5. The van der Waals surface area contributed by atoms with Crippen molar-refractivity contribution in [3.05, 3.63) is 10.6 Å². The molecule has 0 aromatic carbocycles. The Labute approximate surface area is 72.8 Å². The summed E-state index contributed by atoms with van der Waals surface area (Å²) < 4.78 is 1.38. The Kier molecular flexibility index (Phi) is 7.49. The molecule has 0 aliphatic carbocycles. The Morgan fingerprint density at radius 2 is 2.00 bits per heavy atom. The first-order valence-corrected chi connectivity index (χ1v) is 4.95. The molecule has 0 N–H and O–H groups in total. The maximum absolute atomic E-state index is 3.53. The number of unbranched alkanes of at least 4 members (excludes halogenated alkanes) is 2. The molecule has 0 amide bonds. The van der Waals surface area contributed by atoms with E-state index in [1.54, 1.807) is 0 Å². The van der Waals surface area contributed by atoms with Crippen LogP contribution in [0, 0.1) is 0 Å². The molecule has 1 heteroatoms. The minimum atomic E-state index is 1.15. The standard InChI is InChI=1S/C9H17Br/c1-3-5-6-8-9(10)7-4-2/h7H,3-6,8H2,1-2H3. The van der Waals surface area contributed by atoms with Gasteiger partial charge in [0, 0.05) is 0 Å². The van der Waals surface area contributed by atoms with Crippen molar-refractivity contribution in [3.8, 4) is 0 Å². The van der Waals surface area contributed by atoms with Gasteiger partial charge in [0.15, 0.2) is 0 Å². The second-order valence-electron chi connectivity index (χ2n) is 2.52. The van der Waals surface area contributed by atoms with Crippen LogP contribution in [0.3, 0.4) is 0 Å². The van der Waals surface area contributed by atoms with Gasteiger partial charge in [-0.2, -0.15) is 0 Å². The minimum absolute atomic E-state index is 1.15. The fourth-order valence-corrected chi connectivity index (χ4v) is 1.47. The van der Waals surface area contributed by atoms with Gasteiger partial charge in [-0.25, -0.2) is 0 Å². The van der Waals surface area contributed by atoms with E-state index in [1.165, 1.54) is 30.2 Å². The van der Waals surface area contributed by atoms with E-state index in [2.05, 4.69) is 35.9 Å². The molecule has 60 valence electrons. The quantitative estimate of drug-likeness (QED) is 0.588. The number of halogens is 1. The van der Waals surface area contributed by atoms with E-state index in [-0.39, 0.29) is 0 Å². The summed E-state index contributed by atoms with van der Waals surface area (Å²) in [5.74, 6) is 0. The van der Waals surface area contributed by atoms with Gasteiger partial charge in [0.1, 0.15) is 0 Å². The first kappa shape index (κ1) is 10.2. The summed E-state index contributed by atoms with van der Waals surface area (Å²) in [5.41, 5.74) is 0. The fraction of sp³-hybridized carbons (Fsp3) is 0.778. The van der Waals surface area contributed by atoms with Crippen LogP contribution in [0.25, 0.3) is 0 Å². The first-order valence-electron chi connectivity index (χ1n) is 4.15. The summed E-state index contributed by atoms with van der Waals surface area (Å²) in [6.07, 6.45) is 8.61. The van der Waals surface area contributed by atoms with Gasteiger partial charge in [-0.05, 0) is 23.7 Å². The van der Waals surface area contributed by atoms with E-state index in [1.807, 2.05) is 0 Å². The molecule has 0 bridgehead atoms. The van der Waals surface area contributed by atoms with Crippen LogP contribution in [0.5, 0.6) is 0 Å². The van der Waals surface area contributed by atoms with Crippen LogP contribution in [-0.2, 0) is 0 Å². The third kappa shape index (κ3) is 6.34. The highest BCUT2D eigenvalue weighted by Crippen LogP contribution is 2.15. The highest BCUT2D eigenvalue weighted by atomic mass is 79.9. The van der Waals surface area contributed by atoms with Crippen LogP contribution in [0.1, 0.15) is 46.0 Å². The maximum Gasteiger partial charge on any atom is -0.00893 e. The average Bonchev–Trinajstić information content (AvgIpc) is 1.89. The zero-order chi connectivity index (χ0) is 7.82. The summed E-state index contributed by atoms with van der Waals surface area (Å²) in [6.45, 7) is 4.40. The van der Waals surface area contributed by atoms with Crippen molar-refractivity contribution < 1.29 is 0 Å². The van der Waals surface area contributed by atoms with Crippen LogP contribution in [-0.4, -0.2) is 0 Å². The number of allylic oxidation sites excluding steroid dienone is 2. The molecule has 0 fully saturated rings. The van der Waals surface area contributed by atoms with E-state index in [0.717, 1.165) is 6.42 Å². The van der Waals surface area contributed by atoms with Gasteiger partial charge < -0.3 is 0 Å². The second-order valence-corrected chi connectivity index (χ2v) is 3.53. The van der Waals surface area contributed by atoms with Crippen LogP contribution >= 0.6 is 15.9 Å². The molecule has 0 spiro atoms. The van der Waals surface area contributed by atoms with E-state index in [9.17, 15) is 0 Å². The van der Waals surface area contributed by atoms with Crippen LogP contribution in [0.15, 0.2) is 10.6 Å². The molecule has 0 nitrogen and oxygen atoms in total. The molecule has 0 unspecified atom stereocenters. The molecule has 0 atom stereocenters. The Balaban J connectivity index is 3.21. The molecule has 0 aliphatic heterocycles. The predicted molar refractivity (Wildman–Crippen MR) is 51.4 cm³/mol. The average molecular weight is 205 g/mol. The van der Waals surface area contributed by atoms with Gasteiger partial charge in [-0.15, -0.1) is 0 Å². The molecular weight excluding hydrogens is 188 g/mol. The largest absolute Gasteiger partial charge is 0.0746 e. The van der Waals surface area contributed by atoms with Crippen LogP contribution in [0.2, 0.25) is 0 Å². The van der Waals surface area contributed by atoms with Crippen molar-refractivity contribution in [2.24, 2.45) is 0 Å². The summed E-state index contributed by atoms with van der Waals surface area (Å²) >= 11 is 3.53. The number of hydrogen-bond donors (Lipinski definition) is 0. The van der Waals surface area contributed by atoms with Crippen molar-refractivity contribution in [1.82, 2.24) is 0 Å². The summed E-state index contributed by atoms with van der Waals surface area (Å²) in [4.78, 5) is 0. The third-order valence-corrected chi connectivity index (χ3v) is 2.17. The SMILES string of the molecule is CCC=C(Br)CCCCC. The smallest absolute Gasteiger partial charge is 0.00893 e. The topological polar surface area (TPSA) is 0 Å². The van der Waals surface area contributed by atoms with Gasteiger partial charge in [0.25, 0.3) is 0 Å². The van der Waals surface area contributed by atoms with Crippen molar-refractivity contribution >= 4 is 15.9 Å². The van der Waals surface area contributed by atoms with Gasteiger partial charge in [-0.1, -0.05) is 48.7 Å². The van der Waals surface area contributed by atoms with E-state index in [0.29, 0.717) is 0 Å². The fourth-order valence-electron chi connectivity index (χ4n) is 0.867. The van der Waals surface area contributed by atoms with E-state index in [4.69, 9.17) is 0 Å². The minimum Gasteiger partial charge on any atom is -0.0746 e. The van der Waals surface area contributed by atoms with E-state index < -0.39 is 0 Å². The van der Waals surface area contributed by atoms with Crippen molar-refractivity contribution in [3.63, 3.8) is 0 Å². The first-order chi connectivity index (χ1) is 4.81. The zero-order valence-electron chi connectivity index (χ0n) is 6.99. The summed E-state index contributed by atoms with van der Waals surface area (Å²) in [7, 11) is 0. The molecule has 0 saturated heterocycles. The molecule has 10 heavy (non-hydrogen) atoms. The normalized spacial score (nSPS) is 12.1. The van der Waals surface area contributed by atoms with Crippen LogP contribution in [0.4, 0.5) is 0 Å². The molecule has 0 saturated carbocycles. The van der Waals surface area contributed by atoms with Gasteiger partial charge in [-0.3, -0.25) is 0 Å². The number of hydrogen-bond acceptors (Lipinski definition) is 0. The summed E-state index contributed by atoms with van der Waals surface area (Å²) in [5, 5.41) is 0. The molecule has 0 aromatic heterocycles. The highest BCUT2D eigenvalue weighted by molar-refractivity contribution is 9.11. The van der Waals surface area contributed by atoms with E-state index >= 15 is 0 Å². The maximum atomic E-state index is 3.53. The van der Waals surface area contributed by atoms with Crippen molar-refractivity contribution in [2.45, 2.75) is 46.0 Å². The van der Waals surface area contributed by atoms with Gasteiger partial charge in [0.05, 0.1) is 0 Å². The van der Waals surface area contributed by atoms with Gasteiger partial charge in [0.2, 0.25) is 0 Å². The lowest BCUT2D eigenvalue weighted by Crippen LogP contribution is -1.75. The summed E-state index contributed by atoms with van der Waals surface area (Å²) in [6, 6.07) is 0. The third-order valence-electron chi connectivity index (χ3n) is 1.44. The second kappa shape index (κ2) is 7.33. The monoisotopic (exact) mass is 204 g/mol. The lowest BCUT2D eigenvalue weighted by molar-refractivity contribution is 0.725. The Morgan fingerprint density at radius 3 is 2.50 bits per heavy atom. The highest BCUT2D eigenvalue weighted by Gasteiger charge is 1.89. The lowest BCUT2D eigenvalue weighted by Gasteiger charge is -1.96. The molecular formula is C9H17Br.